The van der Waals surface area contributed by atoms with Gasteiger partial charge in [-0.05, 0) is 42.7 Å². The van der Waals surface area contributed by atoms with Gasteiger partial charge in [0.25, 0.3) is 5.91 Å². The number of aryl methyl sites for hydroxylation is 1. The van der Waals surface area contributed by atoms with Crippen molar-refractivity contribution in [3.05, 3.63) is 71.1 Å². The van der Waals surface area contributed by atoms with E-state index in [9.17, 15) is 4.79 Å². The lowest BCUT2D eigenvalue weighted by molar-refractivity contribution is 0.0946. The van der Waals surface area contributed by atoms with Gasteiger partial charge in [-0.25, -0.2) is 0 Å². The molecule has 0 spiro atoms. The maximum Gasteiger partial charge on any atom is 0.252 e. The van der Waals surface area contributed by atoms with Gasteiger partial charge in [0.05, 0.1) is 12.7 Å². The summed E-state index contributed by atoms with van der Waals surface area (Å²) in [6.45, 7) is 4.30. The fourth-order valence-corrected chi connectivity index (χ4v) is 2.72. The first-order valence-corrected chi connectivity index (χ1v) is 8.15. The maximum atomic E-state index is 12.7. The first-order valence-electron chi connectivity index (χ1n) is 8.15. The van der Waals surface area contributed by atoms with Gasteiger partial charge in [-0.2, -0.15) is 0 Å². The number of nitrogens with one attached hydrogen (secondary N) is 2. The summed E-state index contributed by atoms with van der Waals surface area (Å²) in [7, 11) is 1.86. The predicted octanol–water partition coefficient (Wildman–Crippen LogP) is 3.93. The van der Waals surface area contributed by atoms with Gasteiger partial charge in [0.2, 0.25) is 0 Å². The van der Waals surface area contributed by atoms with Crippen LogP contribution in [-0.2, 0) is 6.54 Å². The average molecular weight is 335 g/mol. The highest BCUT2D eigenvalue weighted by atomic mass is 16.5. The van der Waals surface area contributed by atoms with Gasteiger partial charge in [0.1, 0.15) is 0 Å². The van der Waals surface area contributed by atoms with Crippen molar-refractivity contribution >= 4 is 11.6 Å². The first kappa shape index (κ1) is 16.8. The molecule has 1 heterocycles. The van der Waals surface area contributed by atoms with Crippen molar-refractivity contribution in [2.75, 3.05) is 12.4 Å². The minimum Gasteiger partial charge on any atom is -0.388 e. The fraction of sp³-hybridized carbons (Fsp3) is 0.200. The minimum absolute atomic E-state index is 0.139. The molecule has 0 saturated heterocycles. The highest BCUT2D eigenvalue weighted by molar-refractivity contribution is 5.98. The molecule has 2 aromatic carbocycles. The molecule has 128 valence electrons. The zero-order valence-corrected chi connectivity index (χ0v) is 14.6. The normalized spacial score (nSPS) is 10.5. The van der Waals surface area contributed by atoms with E-state index >= 15 is 0 Å². The van der Waals surface area contributed by atoms with Crippen molar-refractivity contribution in [3.63, 3.8) is 0 Å². The summed E-state index contributed by atoms with van der Waals surface area (Å²) in [4.78, 5) is 12.7. The number of carbonyl (C=O) groups is 1. The molecule has 0 aliphatic carbocycles. The molecule has 0 aliphatic rings. The van der Waals surface area contributed by atoms with Gasteiger partial charge in [-0.1, -0.05) is 35.0 Å². The second-order valence-electron chi connectivity index (χ2n) is 5.97. The largest absolute Gasteiger partial charge is 0.388 e. The lowest BCUT2D eigenvalue weighted by atomic mass is 9.97. The second-order valence-corrected chi connectivity index (χ2v) is 5.97. The number of hydrogen-bond acceptors (Lipinski definition) is 4. The number of amides is 1. The topological polar surface area (TPSA) is 67.2 Å². The average Bonchev–Trinajstić information content (AvgIpc) is 3.14. The van der Waals surface area contributed by atoms with Gasteiger partial charge in [-0.15, -0.1) is 0 Å². The molecule has 25 heavy (non-hydrogen) atoms. The Hall–Kier alpha value is -3.08. The highest BCUT2D eigenvalue weighted by Crippen LogP contribution is 2.29. The molecule has 3 rings (SSSR count). The van der Waals surface area contributed by atoms with Crippen LogP contribution in [0, 0.1) is 13.8 Å². The van der Waals surface area contributed by atoms with Gasteiger partial charge in [-0.3, -0.25) is 4.79 Å². The Labute approximate surface area is 147 Å². The van der Waals surface area contributed by atoms with Crippen LogP contribution >= 0.6 is 0 Å². The SMILES string of the molecule is CNc1cc(-c2ccc(C)cc2)cc(C(=O)NCc2ccno2)c1C. The number of carbonyl (C=O) groups excluding carboxylic acids is 1. The molecule has 0 bridgehead atoms. The van der Waals surface area contributed by atoms with Crippen LogP contribution in [-0.4, -0.2) is 18.1 Å². The Bertz CT molecular complexity index is 869. The monoisotopic (exact) mass is 335 g/mol. The van der Waals surface area contributed by atoms with Crippen molar-refractivity contribution in [2.45, 2.75) is 20.4 Å². The third-order valence-electron chi connectivity index (χ3n) is 4.22. The molecule has 5 heteroatoms. The Kier molecular flexibility index (Phi) is 4.84. The summed E-state index contributed by atoms with van der Waals surface area (Å²) >= 11 is 0. The molecule has 0 atom stereocenters. The summed E-state index contributed by atoms with van der Waals surface area (Å²) in [6.07, 6.45) is 1.56. The summed E-state index contributed by atoms with van der Waals surface area (Å²) in [5, 5.41) is 9.70. The van der Waals surface area contributed by atoms with E-state index in [4.69, 9.17) is 4.52 Å². The van der Waals surface area contributed by atoms with Crippen molar-refractivity contribution in [1.29, 1.82) is 0 Å². The molecule has 5 nitrogen and oxygen atoms in total. The number of nitrogens with zero attached hydrogens (tertiary/aromatic N) is 1. The van der Waals surface area contributed by atoms with E-state index in [-0.39, 0.29) is 5.91 Å². The second kappa shape index (κ2) is 7.21. The number of rotatable bonds is 5. The van der Waals surface area contributed by atoms with Crippen molar-refractivity contribution in [1.82, 2.24) is 10.5 Å². The van der Waals surface area contributed by atoms with Crippen LogP contribution in [0.25, 0.3) is 11.1 Å². The minimum atomic E-state index is -0.139. The van der Waals surface area contributed by atoms with E-state index in [0.717, 1.165) is 22.4 Å². The van der Waals surface area contributed by atoms with Crippen molar-refractivity contribution in [3.8, 4) is 11.1 Å². The fourth-order valence-electron chi connectivity index (χ4n) is 2.72. The van der Waals surface area contributed by atoms with Gasteiger partial charge >= 0.3 is 0 Å². The van der Waals surface area contributed by atoms with E-state index in [0.29, 0.717) is 17.9 Å². The molecule has 2 N–H and O–H groups in total. The van der Waals surface area contributed by atoms with Crippen LogP contribution in [0.15, 0.2) is 53.2 Å². The lowest BCUT2D eigenvalue weighted by Gasteiger charge is -2.14. The number of anilines is 1. The van der Waals surface area contributed by atoms with Crippen molar-refractivity contribution in [2.24, 2.45) is 0 Å². The third-order valence-corrected chi connectivity index (χ3v) is 4.22. The first-order chi connectivity index (χ1) is 12.1. The summed E-state index contributed by atoms with van der Waals surface area (Å²) in [6, 6.07) is 14.0. The highest BCUT2D eigenvalue weighted by Gasteiger charge is 2.15. The van der Waals surface area contributed by atoms with E-state index in [1.807, 2.05) is 20.0 Å². The van der Waals surface area contributed by atoms with Gasteiger partial charge in [0, 0.05) is 24.4 Å². The van der Waals surface area contributed by atoms with Crippen LogP contribution in [0.2, 0.25) is 0 Å². The van der Waals surface area contributed by atoms with Gasteiger partial charge < -0.3 is 15.2 Å². The molecule has 0 unspecified atom stereocenters. The van der Waals surface area contributed by atoms with E-state index in [2.05, 4.69) is 53.0 Å². The Morgan fingerprint density at radius 3 is 2.48 bits per heavy atom. The molecule has 0 fully saturated rings. The standard InChI is InChI=1S/C20H21N3O2/c1-13-4-6-15(7-5-13)16-10-18(14(2)19(11-16)21-3)20(24)22-12-17-8-9-23-25-17/h4-11,21H,12H2,1-3H3,(H,22,24). The number of hydrogen-bond donors (Lipinski definition) is 2. The number of aromatic nitrogens is 1. The predicted molar refractivity (Wildman–Crippen MR) is 98.6 cm³/mol. The molecular formula is C20H21N3O2. The molecule has 0 radical (unpaired) electrons. The summed E-state index contributed by atoms with van der Waals surface area (Å²) < 4.78 is 5.02. The van der Waals surface area contributed by atoms with E-state index in [1.165, 1.54) is 5.56 Å². The zero-order chi connectivity index (χ0) is 17.8. The molecule has 1 amide bonds. The molecular weight excluding hydrogens is 314 g/mol. The summed E-state index contributed by atoms with van der Waals surface area (Å²) in [5.41, 5.74) is 5.76. The molecule has 3 aromatic rings. The molecule has 0 aliphatic heterocycles. The Morgan fingerprint density at radius 1 is 1.08 bits per heavy atom. The maximum absolute atomic E-state index is 12.7. The summed E-state index contributed by atoms with van der Waals surface area (Å²) in [5.74, 6) is 0.480. The van der Waals surface area contributed by atoms with Gasteiger partial charge in [0.15, 0.2) is 5.76 Å². The third kappa shape index (κ3) is 3.71. The lowest BCUT2D eigenvalue weighted by Crippen LogP contribution is -2.23. The van der Waals surface area contributed by atoms with E-state index < -0.39 is 0 Å². The molecule has 0 saturated carbocycles. The van der Waals surface area contributed by atoms with Crippen LogP contribution < -0.4 is 10.6 Å². The Morgan fingerprint density at radius 2 is 1.84 bits per heavy atom. The zero-order valence-electron chi connectivity index (χ0n) is 14.6. The van der Waals surface area contributed by atoms with Crippen LogP contribution in [0.3, 0.4) is 0 Å². The van der Waals surface area contributed by atoms with Crippen molar-refractivity contribution < 1.29 is 9.32 Å². The van der Waals surface area contributed by atoms with Crippen LogP contribution in [0.1, 0.15) is 27.2 Å². The Balaban J connectivity index is 1.92. The smallest absolute Gasteiger partial charge is 0.252 e. The quantitative estimate of drug-likeness (QED) is 0.741. The van der Waals surface area contributed by atoms with Crippen LogP contribution in [0.5, 0.6) is 0 Å². The number of benzene rings is 2. The van der Waals surface area contributed by atoms with Crippen LogP contribution in [0.4, 0.5) is 5.69 Å². The molecule has 1 aromatic heterocycles. The van der Waals surface area contributed by atoms with E-state index in [1.54, 1.807) is 12.3 Å².